The molecule has 3 aromatic carbocycles. The number of ether oxygens (including phenoxy) is 2. The molecule has 0 aromatic heterocycles. The number of carboxylic acid groups (broad SMARTS) is 1. The van der Waals surface area contributed by atoms with Gasteiger partial charge in [-0.25, -0.2) is 4.39 Å². The summed E-state index contributed by atoms with van der Waals surface area (Å²) in [7, 11) is 1.57. The van der Waals surface area contributed by atoms with E-state index >= 15 is 0 Å². The molecule has 1 N–H and O–H groups in total. The van der Waals surface area contributed by atoms with Crippen molar-refractivity contribution in [2.24, 2.45) is 0 Å². The van der Waals surface area contributed by atoms with Crippen LogP contribution >= 0.6 is 0 Å². The smallest absolute Gasteiger partial charge is 0.304 e. The molecule has 0 fully saturated rings. The Kier molecular flexibility index (Phi) is 7.77. The van der Waals surface area contributed by atoms with Gasteiger partial charge in [-0.15, -0.1) is 6.58 Å². The summed E-state index contributed by atoms with van der Waals surface area (Å²) in [5.74, 6) is -0.214. The van der Waals surface area contributed by atoms with Crippen LogP contribution in [-0.2, 0) is 16.8 Å². The third-order valence-corrected chi connectivity index (χ3v) is 5.73. The van der Waals surface area contributed by atoms with Gasteiger partial charge in [-0.1, -0.05) is 57.2 Å². The van der Waals surface area contributed by atoms with E-state index in [4.69, 9.17) is 14.6 Å². The van der Waals surface area contributed by atoms with Crippen molar-refractivity contribution in [2.75, 3.05) is 7.11 Å². The zero-order chi connectivity index (χ0) is 24.9. The van der Waals surface area contributed by atoms with Crippen molar-refractivity contribution in [3.8, 4) is 22.6 Å². The quantitative estimate of drug-likeness (QED) is 0.344. The highest BCUT2D eigenvalue weighted by molar-refractivity contribution is 5.71. The van der Waals surface area contributed by atoms with Crippen LogP contribution in [0.4, 0.5) is 4.39 Å². The number of methoxy groups -OCH3 is 1. The number of benzene rings is 3. The molecule has 0 bridgehead atoms. The fraction of sp³-hybridized carbons (Fsp3) is 0.276. The van der Waals surface area contributed by atoms with Crippen LogP contribution in [0.25, 0.3) is 11.1 Å². The summed E-state index contributed by atoms with van der Waals surface area (Å²) in [4.78, 5) is 11.1. The molecular formula is C29H31FO4. The van der Waals surface area contributed by atoms with Crippen LogP contribution in [0.1, 0.15) is 49.8 Å². The maximum Gasteiger partial charge on any atom is 0.304 e. The zero-order valence-corrected chi connectivity index (χ0v) is 20.1. The molecule has 0 aliphatic rings. The Morgan fingerprint density at radius 1 is 1.06 bits per heavy atom. The number of halogens is 1. The van der Waals surface area contributed by atoms with Gasteiger partial charge in [0.2, 0.25) is 0 Å². The Hall–Kier alpha value is -3.60. The van der Waals surface area contributed by atoms with Crippen LogP contribution in [-0.4, -0.2) is 18.2 Å². The Labute approximate surface area is 200 Å². The minimum absolute atomic E-state index is 0.0236. The van der Waals surface area contributed by atoms with E-state index in [1.807, 2.05) is 36.4 Å². The van der Waals surface area contributed by atoms with Crippen molar-refractivity contribution in [1.82, 2.24) is 0 Å². The first-order chi connectivity index (χ1) is 16.1. The number of rotatable bonds is 9. The van der Waals surface area contributed by atoms with Gasteiger partial charge in [0.25, 0.3) is 0 Å². The average molecular weight is 463 g/mol. The maximum absolute atomic E-state index is 14.7. The van der Waals surface area contributed by atoms with E-state index in [2.05, 4.69) is 33.4 Å². The Balaban J connectivity index is 1.88. The normalized spacial score (nSPS) is 12.1. The van der Waals surface area contributed by atoms with E-state index in [9.17, 15) is 9.18 Å². The molecule has 0 spiro atoms. The van der Waals surface area contributed by atoms with Gasteiger partial charge >= 0.3 is 5.97 Å². The molecular weight excluding hydrogens is 431 g/mol. The van der Waals surface area contributed by atoms with Crippen molar-refractivity contribution in [2.45, 2.75) is 45.1 Å². The fourth-order valence-electron chi connectivity index (χ4n) is 3.90. The molecule has 178 valence electrons. The lowest BCUT2D eigenvalue weighted by Gasteiger charge is -2.24. The molecule has 3 rings (SSSR count). The van der Waals surface area contributed by atoms with Gasteiger partial charge in [0.1, 0.15) is 23.9 Å². The largest absolute Gasteiger partial charge is 0.497 e. The van der Waals surface area contributed by atoms with Gasteiger partial charge in [-0.3, -0.25) is 4.79 Å². The predicted molar refractivity (Wildman–Crippen MR) is 133 cm³/mol. The monoisotopic (exact) mass is 462 g/mol. The second kappa shape index (κ2) is 10.6. The van der Waals surface area contributed by atoms with Crippen molar-refractivity contribution in [1.29, 1.82) is 0 Å². The second-order valence-electron chi connectivity index (χ2n) is 9.28. The second-order valence-corrected chi connectivity index (χ2v) is 9.28. The van der Waals surface area contributed by atoms with Crippen LogP contribution in [0.5, 0.6) is 11.5 Å². The Morgan fingerprint density at radius 2 is 1.82 bits per heavy atom. The van der Waals surface area contributed by atoms with Crippen molar-refractivity contribution >= 4 is 5.97 Å². The number of allylic oxidation sites excluding steroid dienone is 1. The molecule has 0 unspecified atom stereocenters. The first kappa shape index (κ1) is 25.0. The molecule has 0 heterocycles. The van der Waals surface area contributed by atoms with E-state index in [-0.39, 0.29) is 23.6 Å². The third kappa shape index (κ3) is 6.04. The summed E-state index contributed by atoms with van der Waals surface area (Å²) in [5.41, 5.74) is 3.88. The van der Waals surface area contributed by atoms with Gasteiger partial charge in [-0.05, 0) is 58.0 Å². The number of hydrogen-bond donors (Lipinski definition) is 1. The summed E-state index contributed by atoms with van der Waals surface area (Å²) in [5, 5.41) is 9.13. The minimum Gasteiger partial charge on any atom is -0.497 e. The topological polar surface area (TPSA) is 55.8 Å². The average Bonchev–Trinajstić information content (AvgIpc) is 2.81. The van der Waals surface area contributed by atoms with Crippen LogP contribution in [0.2, 0.25) is 0 Å². The van der Waals surface area contributed by atoms with E-state index < -0.39 is 5.97 Å². The fourth-order valence-corrected chi connectivity index (χ4v) is 3.90. The standard InChI is InChI=1S/C29H31FO4/c1-6-20(16-28(31)32)21-8-7-9-23(15-21)34-18-19-10-12-24(26(14-19)29(2,3)4)25-17-22(33-5)11-13-27(25)30/h6-15,17,20H,1,16,18H2,2-5H3,(H,31,32)/t20-/m1/s1. The molecule has 34 heavy (non-hydrogen) atoms. The summed E-state index contributed by atoms with van der Waals surface area (Å²) < 4.78 is 26.0. The van der Waals surface area contributed by atoms with Crippen molar-refractivity contribution < 1.29 is 23.8 Å². The van der Waals surface area contributed by atoms with Gasteiger partial charge in [-0.2, -0.15) is 0 Å². The molecule has 1 atom stereocenters. The molecule has 3 aromatic rings. The number of hydrogen-bond acceptors (Lipinski definition) is 3. The summed E-state index contributed by atoms with van der Waals surface area (Å²) in [6.07, 6.45) is 1.61. The highest BCUT2D eigenvalue weighted by atomic mass is 19.1. The highest BCUT2D eigenvalue weighted by Crippen LogP contribution is 2.37. The lowest BCUT2D eigenvalue weighted by Crippen LogP contribution is -2.14. The lowest BCUT2D eigenvalue weighted by atomic mass is 9.81. The summed E-state index contributed by atoms with van der Waals surface area (Å²) in [6.45, 7) is 10.4. The summed E-state index contributed by atoms with van der Waals surface area (Å²) in [6, 6.07) is 18.1. The third-order valence-electron chi connectivity index (χ3n) is 5.73. The van der Waals surface area contributed by atoms with Crippen LogP contribution in [0, 0.1) is 5.82 Å². The van der Waals surface area contributed by atoms with Crippen LogP contribution < -0.4 is 9.47 Å². The van der Waals surface area contributed by atoms with Gasteiger partial charge in [0, 0.05) is 11.5 Å². The van der Waals surface area contributed by atoms with E-state index in [0.717, 1.165) is 22.3 Å². The van der Waals surface area contributed by atoms with Gasteiger partial charge < -0.3 is 14.6 Å². The molecule has 5 heteroatoms. The van der Waals surface area contributed by atoms with E-state index in [1.54, 1.807) is 25.3 Å². The first-order valence-electron chi connectivity index (χ1n) is 11.2. The highest BCUT2D eigenvalue weighted by Gasteiger charge is 2.22. The van der Waals surface area contributed by atoms with Crippen molar-refractivity contribution in [3.63, 3.8) is 0 Å². The number of aliphatic carboxylic acids is 1. The molecule has 0 radical (unpaired) electrons. The lowest BCUT2D eigenvalue weighted by molar-refractivity contribution is -0.137. The minimum atomic E-state index is -0.876. The molecule has 0 aliphatic carbocycles. The molecule has 4 nitrogen and oxygen atoms in total. The van der Waals surface area contributed by atoms with E-state index in [0.29, 0.717) is 23.7 Å². The Morgan fingerprint density at radius 3 is 2.47 bits per heavy atom. The number of carboxylic acids is 1. The maximum atomic E-state index is 14.7. The van der Waals surface area contributed by atoms with Crippen LogP contribution in [0.3, 0.4) is 0 Å². The molecule has 0 amide bonds. The van der Waals surface area contributed by atoms with Gasteiger partial charge in [0.05, 0.1) is 13.5 Å². The van der Waals surface area contributed by atoms with Crippen molar-refractivity contribution in [3.05, 3.63) is 95.8 Å². The Bertz CT molecular complexity index is 1180. The first-order valence-corrected chi connectivity index (χ1v) is 11.2. The summed E-state index contributed by atoms with van der Waals surface area (Å²) >= 11 is 0. The van der Waals surface area contributed by atoms with E-state index in [1.165, 1.54) is 6.07 Å². The molecule has 0 saturated heterocycles. The molecule has 0 aliphatic heterocycles. The van der Waals surface area contributed by atoms with Crippen LogP contribution in [0.15, 0.2) is 73.3 Å². The SMILES string of the molecule is C=C[C@H](CC(=O)O)c1cccc(OCc2ccc(-c3cc(OC)ccc3F)c(C(C)(C)C)c2)c1. The predicted octanol–water partition coefficient (Wildman–Crippen LogP) is 7.12. The zero-order valence-electron chi connectivity index (χ0n) is 20.1. The van der Waals surface area contributed by atoms with Gasteiger partial charge in [0.15, 0.2) is 0 Å². The molecule has 0 saturated carbocycles. The number of carbonyl (C=O) groups is 1.